The van der Waals surface area contributed by atoms with Gasteiger partial charge in [-0.15, -0.1) is 0 Å². The third-order valence-corrected chi connectivity index (χ3v) is 3.21. The molecule has 0 saturated carbocycles. The Labute approximate surface area is 131 Å². The number of nitrogens with zero attached hydrogens (tertiary/aromatic N) is 4. The van der Waals surface area contributed by atoms with Gasteiger partial charge < -0.3 is 19.7 Å². The Morgan fingerprint density at radius 3 is 2.88 bits per heavy atom. The Morgan fingerprint density at radius 2 is 2.21 bits per heavy atom. The summed E-state index contributed by atoms with van der Waals surface area (Å²) >= 11 is 0. The van der Waals surface area contributed by atoms with Crippen LogP contribution in [0.15, 0.2) is 20.9 Å². The molecule has 13 heteroatoms. The zero-order valence-electron chi connectivity index (χ0n) is 11.9. The van der Waals surface area contributed by atoms with Crippen LogP contribution in [0.2, 0.25) is 0 Å². The minimum Gasteiger partial charge on any atom is -0.463 e. The number of hydrogen-bond acceptors (Lipinski definition) is 8. The lowest BCUT2D eigenvalue weighted by atomic mass is 10.1. The number of hydrogen-bond donors (Lipinski definition) is 3. The molecule has 1 fully saturated rings. The smallest absolute Gasteiger partial charge is 0.330 e. The lowest BCUT2D eigenvalue weighted by Gasteiger charge is -2.16. The van der Waals surface area contributed by atoms with Crippen LogP contribution in [-0.4, -0.2) is 57.2 Å². The van der Waals surface area contributed by atoms with Crippen molar-refractivity contribution in [2.75, 3.05) is 13.2 Å². The number of aromatic nitrogens is 2. The number of carbonyl (C=O) groups is 1. The first-order chi connectivity index (χ1) is 11.3. The highest BCUT2D eigenvalue weighted by atomic mass is 19.1. The van der Waals surface area contributed by atoms with Gasteiger partial charge in [0.25, 0.3) is 5.56 Å². The van der Waals surface area contributed by atoms with E-state index in [9.17, 15) is 29.0 Å². The molecular weight excluding hydrogens is 333 g/mol. The van der Waals surface area contributed by atoms with Crippen LogP contribution in [0, 0.1) is 5.82 Å². The van der Waals surface area contributed by atoms with E-state index in [-0.39, 0.29) is 0 Å². The van der Waals surface area contributed by atoms with Gasteiger partial charge in [0.05, 0.1) is 6.20 Å². The van der Waals surface area contributed by atoms with E-state index in [0.29, 0.717) is 10.8 Å². The highest BCUT2D eigenvalue weighted by molar-refractivity contribution is 5.71. The molecule has 4 atom stereocenters. The Hall–Kier alpha value is -2.73. The molecule has 24 heavy (non-hydrogen) atoms. The number of H-pyrrole nitrogens is 1. The molecule has 1 aromatic heterocycles. The zero-order chi connectivity index (χ0) is 17.9. The quantitative estimate of drug-likeness (QED) is 0.242. The average molecular weight is 345 g/mol. The summed E-state index contributed by atoms with van der Waals surface area (Å²) in [5, 5.41) is 22.8. The second-order valence-corrected chi connectivity index (χ2v) is 4.76. The highest BCUT2D eigenvalue weighted by Gasteiger charge is 2.44. The van der Waals surface area contributed by atoms with Crippen molar-refractivity contribution in [1.82, 2.24) is 9.55 Å². The van der Waals surface area contributed by atoms with Crippen LogP contribution in [-0.2, 0) is 14.3 Å². The van der Waals surface area contributed by atoms with Crippen molar-refractivity contribution in [3.8, 4) is 0 Å². The van der Waals surface area contributed by atoms with E-state index in [1.807, 2.05) is 0 Å². The number of azide groups is 1. The fourth-order valence-corrected chi connectivity index (χ4v) is 2.06. The number of aromatic amines is 1. The van der Waals surface area contributed by atoms with Crippen LogP contribution in [0.25, 0.3) is 10.4 Å². The molecule has 0 bridgehead atoms. The number of esters is 1. The van der Waals surface area contributed by atoms with Crippen molar-refractivity contribution < 1.29 is 28.9 Å². The van der Waals surface area contributed by atoms with Gasteiger partial charge in [-0.1, -0.05) is 5.11 Å². The highest BCUT2D eigenvalue weighted by Crippen LogP contribution is 2.28. The normalized spacial score (nSPS) is 26.0. The molecule has 0 aliphatic carbocycles. The lowest BCUT2D eigenvalue weighted by Crippen LogP contribution is -2.38. The van der Waals surface area contributed by atoms with Crippen LogP contribution in [0.5, 0.6) is 0 Å². The van der Waals surface area contributed by atoms with Gasteiger partial charge >= 0.3 is 11.7 Å². The lowest BCUT2D eigenvalue weighted by molar-refractivity contribution is -0.148. The summed E-state index contributed by atoms with van der Waals surface area (Å²) in [5.74, 6) is -2.18. The van der Waals surface area contributed by atoms with E-state index in [1.165, 1.54) is 0 Å². The van der Waals surface area contributed by atoms with Crippen molar-refractivity contribution in [3.05, 3.63) is 43.3 Å². The van der Waals surface area contributed by atoms with Crippen LogP contribution < -0.4 is 11.2 Å². The summed E-state index contributed by atoms with van der Waals surface area (Å²) in [6, 6.07) is 0. The standard InChI is InChI=1S/C11H12FN5O7/c12-4-2-17(11(22)15-9(4)21)10-8(20)7(19)5(24-10)3-23-6(18)1-14-16-13/h2,5,7-8,10,19-20H,1,3H2,(H,15,21,22)/t5-,7-,8-,10-/m1/s1. The van der Waals surface area contributed by atoms with Gasteiger partial charge in [0, 0.05) is 4.91 Å². The maximum atomic E-state index is 13.3. The predicted octanol–water partition coefficient (Wildman–Crippen LogP) is -1.85. The van der Waals surface area contributed by atoms with Gasteiger partial charge in [-0.2, -0.15) is 4.39 Å². The van der Waals surface area contributed by atoms with Gasteiger partial charge in [-0.25, -0.2) is 4.79 Å². The fraction of sp³-hybridized carbons (Fsp3) is 0.545. The first kappa shape index (κ1) is 17.6. The Morgan fingerprint density at radius 1 is 1.50 bits per heavy atom. The van der Waals surface area contributed by atoms with Gasteiger partial charge in [-0.05, 0) is 5.53 Å². The van der Waals surface area contributed by atoms with Crippen molar-refractivity contribution >= 4 is 5.97 Å². The molecule has 2 heterocycles. The summed E-state index contributed by atoms with van der Waals surface area (Å²) in [4.78, 5) is 37.9. The first-order valence-electron chi connectivity index (χ1n) is 6.54. The van der Waals surface area contributed by atoms with E-state index in [0.717, 1.165) is 0 Å². The molecule has 0 unspecified atom stereocenters. The van der Waals surface area contributed by atoms with Crippen LogP contribution in [0.3, 0.4) is 0 Å². The second kappa shape index (κ2) is 7.23. The van der Waals surface area contributed by atoms with Crippen molar-refractivity contribution in [2.45, 2.75) is 24.5 Å². The molecule has 3 N–H and O–H groups in total. The molecule has 130 valence electrons. The number of aliphatic hydroxyl groups excluding tert-OH is 2. The molecule has 1 aliphatic heterocycles. The third-order valence-electron chi connectivity index (χ3n) is 3.21. The summed E-state index contributed by atoms with van der Waals surface area (Å²) in [7, 11) is 0. The average Bonchev–Trinajstić information content (AvgIpc) is 2.82. The van der Waals surface area contributed by atoms with E-state index < -0.39 is 60.7 Å². The summed E-state index contributed by atoms with van der Waals surface area (Å²) in [6.45, 7) is -1.08. The zero-order valence-corrected chi connectivity index (χ0v) is 11.9. The molecule has 0 radical (unpaired) electrons. The first-order valence-corrected chi connectivity index (χ1v) is 6.54. The molecule has 1 aliphatic rings. The number of halogens is 1. The van der Waals surface area contributed by atoms with Gasteiger partial charge in [-0.3, -0.25) is 19.1 Å². The summed E-state index contributed by atoms with van der Waals surface area (Å²) in [5.41, 5.74) is 5.77. The molecule has 12 nitrogen and oxygen atoms in total. The molecule has 1 saturated heterocycles. The molecule has 0 amide bonds. The molecule has 0 aromatic carbocycles. The minimum absolute atomic E-state index is 0.505. The number of aliphatic hydroxyl groups is 2. The Kier molecular flexibility index (Phi) is 5.31. The van der Waals surface area contributed by atoms with Crippen LogP contribution >= 0.6 is 0 Å². The van der Waals surface area contributed by atoms with Crippen LogP contribution in [0.1, 0.15) is 6.23 Å². The van der Waals surface area contributed by atoms with Gasteiger partial charge in [0.1, 0.15) is 31.5 Å². The summed E-state index contributed by atoms with van der Waals surface area (Å²) in [6.07, 6.45) is -5.39. The largest absolute Gasteiger partial charge is 0.463 e. The predicted molar refractivity (Wildman–Crippen MR) is 72.2 cm³/mol. The topological polar surface area (TPSA) is 180 Å². The number of rotatable bonds is 5. The van der Waals surface area contributed by atoms with Crippen LogP contribution in [0.4, 0.5) is 4.39 Å². The van der Waals surface area contributed by atoms with E-state index >= 15 is 0 Å². The Balaban J connectivity index is 2.11. The minimum atomic E-state index is -1.64. The summed E-state index contributed by atoms with van der Waals surface area (Å²) < 4.78 is 23.7. The molecule has 2 rings (SSSR count). The monoisotopic (exact) mass is 345 g/mol. The van der Waals surface area contributed by atoms with Gasteiger partial charge in [0.15, 0.2) is 6.23 Å². The second-order valence-electron chi connectivity index (χ2n) is 4.76. The SMILES string of the molecule is [N-]=[N+]=NCC(=O)OC[C@H]1O[C@@H](n2cc(F)c(=O)[nH]c2=O)[C@H](O)[C@@H]1O. The van der Waals surface area contributed by atoms with E-state index in [2.05, 4.69) is 14.8 Å². The van der Waals surface area contributed by atoms with Crippen molar-refractivity contribution in [3.63, 3.8) is 0 Å². The number of carbonyl (C=O) groups excluding carboxylic acids is 1. The number of ether oxygens (including phenoxy) is 2. The van der Waals surface area contributed by atoms with E-state index in [4.69, 9.17) is 10.3 Å². The molecule has 0 spiro atoms. The van der Waals surface area contributed by atoms with E-state index in [1.54, 1.807) is 4.98 Å². The van der Waals surface area contributed by atoms with Gasteiger partial charge in [0.2, 0.25) is 5.82 Å². The van der Waals surface area contributed by atoms with Crippen molar-refractivity contribution in [2.24, 2.45) is 5.11 Å². The fourth-order valence-electron chi connectivity index (χ4n) is 2.06. The molecular formula is C11H12FN5O7. The maximum Gasteiger partial charge on any atom is 0.330 e. The Bertz CT molecular complexity index is 786. The molecule has 1 aromatic rings. The van der Waals surface area contributed by atoms with Crippen molar-refractivity contribution in [1.29, 1.82) is 0 Å². The third kappa shape index (κ3) is 3.60. The maximum absolute atomic E-state index is 13.3. The number of nitrogens with one attached hydrogen (secondary N) is 1.